The summed E-state index contributed by atoms with van der Waals surface area (Å²) in [6.07, 6.45) is 3.25. The number of aromatic nitrogens is 3. The van der Waals surface area contributed by atoms with Gasteiger partial charge in [0.25, 0.3) is 0 Å². The van der Waals surface area contributed by atoms with Crippen LogP contribution in [0.4, 0.5) is 0 Å². The van der Waals surface area contributed by atoms with Crippen LogP contribution in [0.2, 0.25) is 0 Å². The predicted octanol–water partition coefficient (Wildman–Crippen LogP) is 1.43. The van der Waals surface area contributed by atoms with Gasteiger partial charge < -0.3 is 4.74 Å². The van der Waals surface area contributed by atoms with E-state index in [1.807, 2.05) is 0 Å². The third-order valence-electron chi connectivity index (χ3n) is 5.13. The lowest BCUT2D eigenvalue weighted by molar-refractivity contribution is -0.147. The number of hydrogen-bond donors (Lipinski definition) is 0. The summed E-state index contributed by atoms with van der Waals surface area (Å²) < 4.78 is 34.6. The van der Waals surface area contributed by atoms with Crippen LogP contribution < -0.4 is 5.69 Å². The van der Waals surface area contributed by atoms with E-state index in [0.29, 0.717) is 25.4 Å². The van der Waals surface area contributed by atoms with Gasteiger partial charge in [-0.15, -0.1) is 5.10 Å². The summed E-state index contributed by atoms with van der Waals surface area (Å²) in [6, 6.07) is 2.08. The first kappa shape index (κ1) is 20.5. The number of pyridine rings is 1. The van der Waals surface area contributed by atoms with Gasteiger partial charge in [0.05, 0.1) is 11.5 Å². The lowest BCUT2D eigenvalue weighted by Crippen LogP contribution is -2.38. The van der Waals surface area contributed by atoms with Gasteiger partial charge in [-0.3, -0.25) is 0 Å². The van der Waals surface area contributed by atoms with E-state index in [0.717, 1.165) is 17.5 Å². The summed E-state index contributed by atoms with van der Waals surface area (Å²) in [5.41, 5.74) is -0.293. The van der Waals surface area contributed by atoms with Crippen LogP contribution >= 0.6 is 0 Å². The monoisotopic (exact) mass is 410 g/mol. The van der Waals surface area contributed by atoms with Crippen LogP contribution in [-0.4, -0.2) is 52.6 Å². The van der Waals surface area contributed by atoms with Gasteiger partial charge >= 0.3 is 11.7 Å². The molecule has 1 unspecified atom stereocenters. The van der Waals surface area contributed by atoms with Crippen molar-refractivity contribution in [2.24, 2.45) is 5.92 Å². The number of nitrogens with zero attached hydrogens (tertiary/aromatic N) is 4. The van der Waals surface area contributed by atoms with Crippen LogP contribution in [0.25, 0.3) is 5.65 Å². The van der Waals surface area contributed by atoms with Crippen molar-refractivity contribution in [1.29, 1.82) is 0 Å². The Balaban J connectivity index is 1.99. The number of fused-ring (bicyclic) bond motifs is 1. The van der Waals surface area contributed by atoms with Crippen molar-refractivity contribution in [3.05, 3.63) is 28.8 Å². The maximum absolute atomic E-state index is 12.9. The van der Waals surface area contributed by atoms with Crippen molar-refractivity contribution in [3.8, 4) is 0 Å². The van der Waals surface area contributed by atoms with Crippen LogP contribution in [0, 0.1) is 5.92 Å². The van der Waals surface area contributed by atoms with Crippen LogP contribution in [0.1, 0.15) is 46.1 Å². The molecule has 1 aliphatic rings. The second-order valence-electron chi connectivity index (χ2n) is 7.08. The van der Waals surface area contributed by atoms with Gasteiger partial charge in [0.2, 0.25) is 10.0 Å². The Kier molecular flexibility index (Phi) is 5.90. The Morgan fingerprint density at radius 2 is 1.96 bits per heavy atom. The molecule has 28 heavy (non-hydrogen) atoms. The molecule has 1 aliphatic heterocycles. The molecule has 1 saturated heterocycles. The molecular formula is C18H26N4O5S. The quantitative estimate of drug-likeness (QED) is 0.668. The molecule has 0 aromatic carbocycles. The van der Waals surface area contributed by atoms with Gasteiger partial charge in [-0.25, -0.2) is 22.4 Å². The zero-order valence-electron chi connectivity index (χ0n) is 16.4. The first-order valence-corrected chi connectivity index (χ1v) is 11.0. The number of carbonyl (C=O) groups is 1. The molecule has 3 rings (SSSR count). The fourth-order valence-electron chi connectivity index (χ4n) is 3.38. The molecule has 1 atom stereocenters. The van der Waals surface area contributed by atoms with Crippen molar-refractivity contribution in [1.82, 2.24) is 18.5 Å². The lowest BCUT2D eigenvalue weighted by atomic mass is 10.0. The number of rotatable bonds is 6. The average Bonchev–Trinajstić information content (AvgIpc) is 2.99. The summed E-state index contributed by atoms with van der Waals surface area (Å²) in [5.74, 6) is -0.0329. The zero-order chi connectivity index (χ0) is 20.5. The van der Waals surface area contributed by atoms with E-state index in [2.05, 4.69) is 12.0 Å². The third-order valence-corrected chi connectivity index (χ3v) is 7.02. The molecule has 0 N–H and O–H groups in total. The van der Waals surface area contributed by atoms with E-state index in [-0.39, 0.29) is 17.1 Å². The number of esters is 1. The Labute approximate surface area is 163 Å². The largest absolute Gasteiger partial charge is 0.464 e. The SMILES string of the molecule is CCOC(=O)C(CC)n1nc2ccc(S(=O)(=O)N3CCC(C)CC3)cn2c1=O. The van der Waals surface area contributed by atoms with E-state index < -0.39 is 27.7 Å². The Morgan fingerprint density at radius 3 is 2.57 bits per heavy atom. The maximum Gasteiger partial charge on any atom is 0.351 e. The highest BCUT2D eigenvalue weighted by Crippen LogP contribution is 2.23. The highest BCUT2D eigenvalue weighted by molar-refractivity contribution is 7.89. The number of ether oxygens (including phenoxy) is 1. The molecule has 154 valence electrons. The summed E-state index contributed by atoms with van der Waals surface area (Å²) in [4.78, 5) is 25.0. The Bertz CT molecular complexity index is 1020. The summed E-state index contributed by atoms with van der Waals surface area (Å²) >= 11 is 0. The van der Waals surface area contributed by atoms with E-state index in [9.17, 15) is 18.0 Å². The van der Waals surface area contributed by atoms with Crippen molar-refractivity contribution >= 4 is 21.6 Å². The van der Waals surface area contributed by atoms with Gasteiger partial charge in [0, 0.05) is 19.3 Å². The molecule has 0 bridgehead atoms. The molecule has 3 heterocycles. The lowest BCUT2D eigenvalue weighted by Gasteiger charge is -2.29. The zero-order valence-corrected chi connectivity index (χ0v) is 17.2. The second-order valence-corrected chi connectivity index (χ2v) is 9.02. The van der Waals surface area contributed by atoms with E-state index in [1.165, 1.54) is 27.0 Å². The predicted molar refractivity (Wildman–Crippen MR) is 103 cm³/mol. The summed E-state index contributed by atoms with van der Waals surface area (Å²) in [7, 11) is -3.69. The minimum Gasteiger partial charge on any atom is -0.464 e. The molecule has 10 heteroatoms. The van der Waals surface area contributed by atoms with Crippen molar-refractivity contribution in [2.75, 3.05) is 19.7 Å². The van der Waals surface area contributed by atoms with E-state index in [1.54, 1.807) is 13.8 Å². The van der Waals surface area contributed by atoms with Crippen LogP contribution in [0.3, 0.4) is 0 Å². The van der Waals surface area contributed by atoms with Crippen molar-refractivity contribution in [3.63, 3.8) is 0 Å². The standard InChI is InChI=1S/C18H26N4O5S/c1-4-15(17(23)27-5-2)22-18(24)21-12-14(6-7-16(21)19-22)28(25,26)20-10-8-13(3)9-11-20/h6-7,12-13,15H,4-5,8-11H2,1-3H3. The molecule has 1 fully saturated rings. The first-order chi connectivity index (χ1) is 13.3. The van der Waals surface area contributed by atoms with E-state index >= 15 is 0 Å². The molecule has 0 spiro atoms. The first-order valence-electron chi connectivity index (χ1n) is 9.57. The molecule has 0 amide bonds. The second kappa shape index (κ2) is 8.04. The van der Waals surface area contributed by atoms with Gasteiger partial charge in [-0.2, -0.15) is 8.99 Å². The number of carbonyl (C=O) groups excluding carboxylic acids is 1. The number of piperidine rings is 1. The highest BCUT2D eigenvalue weighted by Gasteiger charge is 2.29. The van der Waals surface area contributed by atoms with Crippen LogP contribution in [-0.2, 0) is 19.6 Å². The summed E-state index contributed by atoms with van der Waals surface area (Å²) in [6.45, 7) is 6.69. The maximum atomic E-state index is 12.9. The molecule has 0 saturated carbocycles. The van der Waals surface area contributed by atoms with Gasteiger partial charge in [-0.05, 0) is 44.2 Å². The minimum absolute atomic E-state index is 0.0420. The van der Waals surface area contributed by atoms with Crippen LogP contribution in [0.15, 0.2) is 28.0 Å². The van der Waals surface area contributed by atoms with Crippen LogP contribution in [0.5, 0.6) is 0 Å². The fraction of sp³-hybridized carbons (Fsp3) is 0.611. The van der Waals surface area contributed by atoms with Gasteiger partial charge in [0.15, 0.2) is 11.7 Å². The molecule has 9 nitrogen and oxygen atoms in total. The Hall–Kier alpha value is -2.20. The molecule has 0 radical (unpaired) electrons. The van der Waals surface area contributed by atoms with Gasteiger partial charge in [-0.1, -0.05) is 13.8 Å². The number of hydrogen-bond acceptors (Lipinski definition) is 6. The fourth-order valence-corrected chi connectivity index (χ4v) is 4.85. The normalized spacial score (nSPS) is 17.7. The van der Waals surface area contributed by atoms with E-state index in [4.69, 9.17) is 4.74 Å². The third kappa shape index (κ3) is 3.70. The molecule has 2 aromatic rings. The molecule has 0 aliphatic carbocycles. The molecule has 2 aromatic heterocycles. The van der Waals surface area contributed by atoms with Gasteiger partial charge in [0.1, 0.15) is 0 Å². The minimum atomic E-state index is -3.69. The smallest absolute Gasteiger partial charge is 0.351 e. The average molecular weight is 410 g/mol. The number of sulfonamides is 1. The summed E-state index contributed by atoms with van der Waals surface area (Å²) in [5, 5.41) is 4.19. The van der Waals surface area contributed by atoms with Crippen molar-refractivity contribution < 1.29 is 17.9 Å². The van der Waals surface area contributed by atoms with Crippen molar-refractivity contribution in [2.45, 2.75) is 51.0 Å². The topological polar surface area (TPSA) is 103 Å². The molecular weight excluding hydrogens is 384 g/mol. The highest BCUT2D eigenvalue weighted by atomic mass is 32.2. The Morgan fingerprint density at radius 1 is 1.29 bits per heavy atom.